The first-order valence-electron chi connectivity index (χ1n) is 8.27. The van der Waals surface area contributed by atoms with Crippen molar-refractivity contribution in [1.29, 1.82) is 0 Å². The first-order chi connectivity index (χ1) is 11.2. The second-order valence-corrected chi connectivity index (χ2v) is 6.82. The van der Waals surface area contributed by atoms with Gasteiger partial charge in [0.2, 0.25) is 0 Å². The Balaban J connectivity index is 0.00000169. The second kappa shape index (κ2) is 7.18. The molecule has 1 aromatic heterocycles. The molecule has 0 spiro atoms. The van der Waals surface area contributed by atoms with E-state index < -0.39 is 0 Å². The molecule has 2 nitrogen and oxygen atoms in total. The van der Waals surface area contributed by atoms with E-state index in [1.807, 2.05) is 12.1 Å². The SMILES string of the molecule is Cc1c(CNC2CC2)c2ccccc2n1Cc1ccccc1Cl.Cl. The fourth-order valence-electron chi connectivity index (χ4n) is 3.26. The molecule has 1 heterocycles. The van der Waals surface area contributed by atoms with Crippen LogP contribution < -0.4 is 5.32 Å². The van der Waals surface area contributed by atoms with Crippen LogP contribution in [0.25, 0.3) is 10.9 Å². The lowest BCUT2D eigenvalue weighted by atomic mass is 10.1. The summed E-state index contributed by atoms with van der Waals surface area (Å²) in [4.78, 5) is 0. The smallest absolute Gasteiger partial charge is 0.0493 e. The lowest BCUT2D eigenvalue weighted by molar-refractivity contribution is 0.681. The molecular weight excluding hydrogens is 339 g/mol. The highest BCUT2D eigenvalue weighted by Gasteiger charge is 2.22. The Hall–Kier alpha value is -1.48. The molecule has 4 rings (SSSR count). The van der Waals surface area contributed by atoms with Crippen molar-refractivity contribution in [3.63, 3.8) is 0 Å². The van der Waals surface area contributed by atoms with E-state index in [1.54, 1.807) is 0 Å². The monoisotopic (exact) mass is 360 g/mol. The van der Waals surface area contributed by atoms with E-state index in [4.69, 9.17) is 11.6 Å². The Kier molecular flexibility index (Phi) is 5.19. The summed E-state index contributed by atoms with van der Waals surface area (Å²) in [5.74, 6) is 0. The van der Waals surface area contributed by atoms with Crippen LogP contribution in [0.5, 0.6) is 0 Å². The van der Waals surface area contributed by atoms with Crippen molar-refractivity contribution in [2.24, 2.45) is 0 Å². The van der Waals surface area contributed by atoms with Gasteiger partial charge in [-0.3, -0.25) is 0 Å². The average Bonchev–Trinajstić information content (AvgIpc) is 3.35. The lowest BCUT2D eigenvalue weighted by Gasteiger charge is -2.11. The van der Waals surface area contributed by atoms with Gasteiger partial charge < -0.3 is 9.88 Å². The molecule has 0 atom stereocenters. The minimum atomic E-state index is 0. The fourth-order valence-corrected chi connectivity index (χ4v) is 3.46. The predicted molar refractivity (Wildman–Crippen MR) is 104 cm³/mol. The zero-order chi connectivity index (χ0) is 15.8. The van der Waals surface area contributed by atoms with Gasteiger partial charge in [-0.15, -0.1) is 12.4 Å². The maximum Gasteiger partial charge on any atom is 0.0493 e. The quantitative estimate of drug-likeness (QED) is 0.650. The molecule has 1 aliphatic rings. The number of benzene rings is 2. The molecule has 0 unspecified atom stereocenters. The summed E-state index contributed by atoms with van der Waals surface area (Å²) in [7, 11) is 0. The Morgan fingerprint density at radius 2 is 1.79 bits per heavy atom. The van der Waals surface area contributed by atoms with E-state index in [-0.39, 0.29) is 12.4 Å². The fraction of sp³-hybridized carbons (Fsp3) is 0.300. The van der Waals surface area contributed by atoms with Crippen molar-refractivity contribution in [2.75, 3.05) is 0 Å². The van der Waals surface area contributed by atoms with E-state index in [1.165, 1.54) is 40.6 Å². The van der Waals surface area contributed by atoms with Gasteiger partial charge in [-0.1, -0.05) is 48.0 Å². The lowest BCUT2D eigenvalue weighted by Crippen LogP contribution is -2.16. The maximum absolute atomic E-state index is 6.37. The molecule has 2 aromatic carbocycles. The summed E-state index contributed by atoms with van der Waals surface area (Å²) in [5, 5.41) is 5.84. The Labute approximate surface area is 154 Å². The van der Waals surface area contributed by atoms with Gasteiger partial charge in [0.1, 0.15) is 0 Å². The first-order valence-corrected chi connectivity index (χ1v) is 8.65. The highest BCUT2D eigenvalue weighted by Crippen LogP contribution is 2.29. The minimum absolute atomic E-state index is 0. The standard InChI is InChI=1S/C20H21ClN2.ClH/c1-14-18(12-22-16-10-11-16)17-7-3-5-9-20(17)23(14)13-15-6-2-4-8-19(15)21;/h2-9,16,22H,10-13H2,1H3;1H. The average molecular weight is 361 g/mol. The third-order valence-corrected chi connectivity index (χ3v) is 5.16. The van der Waals surface area contributed by atoms with Crippen LogP contribution >= 0.6 is 24.0 Å². The molecule has 0 radical (unpaired) electrons. The highest BCUT2D eigenvalue weighted by atomic mass is 35.5. The van der Waals surface area contributed by atoms with Gasteiger partial charge in [-0.25, -0.2) is 0 Å². The molecule has 0 amide bonds. The van der Waals surface area contributed by atoms with Gasteiger partial charge in [-0.05, 0) is 43.0 Å². The Morgan fingerprint density at radius 1 is 1.08 bits per heavy atom. The summed E-state index contributed by atoms with van der Waals surface area (Å²) < 4.78 is 2.39. The maximum atomic E-state index is 6.37. The van der Waals surface area contributed by atoms with E-state index in [0.717, 1.165) is 24.2 Å². The zero-order valence-electron chi connectivity index (χ0n) is 13.8. The Bertz CT molecular complexity index is 850. The van der Waals surface area contributed by atoms with Crippen LogP contribution in [0, 0.1) is 6.92 Å². The molecule has 4 heteroatoms. The van der Waals surface area contributed by atoms with Gasteiger partial charge >= 0.3 is 0 Å². The molecule has 0 aliphatic heterocycles. The molecule has 0 bridgehead atoms. The predicted octanol–water partition coefficient (Wildman–Crippen LogP) is 5.33. The van der Waals surface area contributed by atoms with E-state index in [0.29, 0.717) is 0 Å². The third kappa shape index (κ3) is 3.32. The minimum Gasteiger partial charge on any atom is -0.340 e. The number of para-hydroxylation sites is 1. The topological polar surface area (TPSA) is 17.0 Å². The molecule has 1 saturated carbocycles. The van der Waals surface area contributed by atoms with Crippen LogP contribution in [0.3, 0.4) is 0 Å². The van der Waals surface area contributed by atoms with Crippen LogP contribution in [-0.4, -0.2) is 10.6 Å². The van der Waals surface area contributed by atoms with E-state index >= 15 is 0 Å². The summed E-state index contributed by atoms with van der Waals surface area (Å²) in [6.07, 6.45) is 2.63. The highest BCUT2D eigenvalue weighted by molar-refractivity contribution is 6.31. The molecular formula is C20H22Cl2N2. The van der Waals surface area contributed by atoms with Gasteiger partial charge in [0.15, 0.2) is 0 Å². The zero-order valence-corrected chi connectivity index (χ0v) is 15.3. The molecule has 1 fully saturated rings. The number of nitrogens with one attached hydrogen (secondary N) is 1. The number of nitrogens with zero attached hydrogens (tertiary/aromatic N) is 1. The normalized spacial score (nSPS) is 13.9. The van der Waals surface area contributed by atoms with Crippen molar-refractivity contribution in [2.45, 2.75) is 38.9 Å². The molecule has 3 aromatic rings. The molecule has 1 N–H and O–H groups in total. The number of halogens is 2. The summed E-state index contributed by atoms with van der Waals surface area (Å²) in [5.41, 5.74) is 5.20. The Morgan fingerprint density at radius 3 is 2.54 bits per heavy atom. The summed E-state index contributed by atoms with van der Waals surface area (Å²) in [6.45, 7) is 3.99. The molecule has 0 saturated heterocycles. The van der Waals surface area contributed by atoms with Gasteiger partial charge in [0.05, 0.1) is 0 Å². The largest absolute Gasteiger partial charge is 0.340 e. The number of hydrogen-bond donors (Lipinski definition) is 1. The number of hydrogen-bond acceptors (Lipinski definition) is 1. The van der Waals surface area contributed by atoms with Gasteiger partial charge in [-0.2, -0.15) is 0 Å². The van der Waals surface area contributed by atoms with Crippen LogP contribution in [0.2, 0.25) is 5.02 Å². The van der Waals surface area contributed by atoms with Crippen LogP contribution in [0.4, 0.5) is 0 Å². The van der Waals surface area contributed by atoms with Crippen molar-refractivity contribution < 1.29 is 0 Å². The number of fused-ring (bicyclic) bond motifs is 1. The van der Waals surface area contributed by atoms with Gasteiger partial charge in [0.25, 0.3) is 0 Å². The van der Waals surface area contributed by atoms with Crippen LogP contribution in [0.15, 0.2) is 48.5 Å². The van der Waals surface area contributed by atoms with Crippen molar-refractivity contribution in [3.8, 4) is 0 Å². The summed E-state index contributed by atoms with van der Waals surface area (Å²) >= 11 is 6.37. The van der Waals surface area contributed by atoms with Crippen LogP contribution in [0.1, 0.15) is 29.7 Å². The van der Waals surface area contributed by atoms with Crippen molar-refractivity contribution >= 4 is 34.9 Å². The summed E-state index contributed by atoms with van der Waals surface area (Å²) in [6, 6.07) is 17.5. The third-order valence-electron chi connectivity index (χ3n) is 4.79. The number of aromatic nitrogens is 1. The van der Waals surface area contributed by atoms with Crippen molar-refractivity contribution in [1.82, 2.24) is 9.88 Å². The van der Waals surface area contributed by atoms with E-state index in [9.17, 15) is 0 Å². The van der Waals surface area contributed by atoms with E-state index in [2.05, 4.69) is 53.2 Å². The molecule has 1 aliphatic carbocycles. The molecule has 24 heavy (non-hydrogen) atoms. The van der Waals surface area contributed by atoms with Crippen molar-refractivity contribution in [3.05, 3.63) is 70.4 Å². The number of rotatable bonds is 5. The first kappa shape index (κ1) is 17.3. The van der Waals surface area contributed by atoms with Gasteiger partial charge in [0, 0.05) is 40.8 Å². The second-order valence-electron chi connectivity index (χ2n) is 6.41. The molecule has 126 valence electrons. The van der Waals surface area contributed by atoms with Crippen LogP contribution in [-0.2, 0) is 13.1 Å².